The number of rotatable bonds is 5. The molecule has 0 saturated carbocycles. The van der Waals surface area contributed by atoms with Crippen LogP contribution in [0.1, 0.15) is 32.8 Å². The topological polar surface area (TPSA) is 24.9 Å². The molecule has 0 bridgehead atoms. The molecule has 0 atom stereocenters. The average molecular weight is 242 g/mol. The van der Waals surface area contributed by atoms with Gasteiger partial charge in [0.1, 0.15) is 0 Å². The molecule has 2 rings (SSSR count). The molecule has 0 aliphatic rings. The first kappa shape index (κ1) is 13.0. The molecule has 0 spiro atoms. The highest BCUT2D eigenvalue weighted by Gasteiger charge is 2.22. The first-order valence-electron chi connectivity index (χ1n) is 6.70. The van der Waals surface area contributed by atoms with Gasteiger partial charge in [0.05, 0.1) is 5.52 Å². The predicted molar refractivity (Wildman–Crippen MR) is 77.9 cm³/mol. The Labute approximate surface area is 109 Å². The molecule has 2 aromatic rings. The van der Waals surface area contributed by atoms with Crippen molar-refractivity contribution in [2.45, 2.75) is 32.6 Å². The van der Waals surface area contributed by atoms with Crippen molar-refractivity contribution in [1.29, 1.82) is 0 Å². The lowest BCUT2D eigenvalue weighted by molar-refractivity contribution is 0.464. The molecule has 18 heavy (non-hydrogen) atoms. The van der Waals surface area contributed by atoms with Gasteiger partial charge < -0.3 is 5.32 Å². The van der Waals surface area contributed by atoms with Crippen LogP contribution in [0.25, 0.3) is 10.9 Å². The van der Waals surface area contributed by atoms with Crippen LogP contribution in [0.4, 0.5) is 0 Å². The fourth-order valence-electron chi connectivity index (χ4n) is 2.36. The Morgan fingerprint density at radius 3 is 2.72 bits per heavy atom. The molecule has 0 amide bonds. The van der Waals surface area contributed by atoms with Gasteiger partial charge in [-0.25, -0.2) is 0 Å². The van der Waals surface area contributed by atoms with E-state index in [2.05, 4.69) is 55.3 Å². The average Bonchev–Trinajstić information content (AvgIpc) is 2.38. The third-order valence-electron chi connectivity index (χ3n) is 3.54. The van der Waals surface area contributed by atoms with Gasteiger partial charge >= 0.3 is 0 Å². The second-order valence-electron chi connectivity index (χ2n) is 5.37. The van der Waals surface area contributed by atoms with Crippen molar-refractivity contribution < 1.29 is 0 Å². The Morgan fingerprint density at radius 1 is 1.17 bits per heavy atom. The summed E-state index contributed by atoms with van der Waals surface area (Å²) in [6, 6.07) is 10.6. The second-order valence-corrected chi connectivity index (χ2v) is 5.37. The summed E-state index contributed by atoms with van der Waals surface area (Å²) in [6.45, 7) is 8.82. The summed E-state index contributed by atoms with van der Waals surface area (Å²) < 4.78 is 0. The predicted octanol–water partition coefficient (Wildman–Crippen LogP) is 3.51. The zero-order valence-electron chi connectivity index (χ0n) is 11.5. The smallest absolute Gasteiger partial charge is 0.0739 e. The van der Waals surface area contributed by atoms with Gasteiger partial charge in [0.2, 0.25) is 0 Å². The number of benzene rings is 1. The second kappa shape index (κ2) is 5.49. The van der Waals surface area contributed by atoms with Gasteiger partial charge in [-0.3, -0.25) is 4.98 Å². The summed E-state index contributed by atoms with van der Waals surface area (Å²) in [7, 11) is 0. The normalized spacial score (nSPS) is 11.9. The molecule has 1 heterocycles. The van der Waals surface area contributed by atoms with Gasteiger partial charge in [-0.15, -0.1) is 0 Å². The van der Waals surface area contributed by atoms with Crippen LogP contribution in [0.3, 0.4) is 0 Å². The van der Waals surface area contributed by atoms with E-state index < -0.39 is 0 Å². The molecule has 0 saturated heterocycles. The number of para-hydroxylation sites is 1. The minimum atomic E-state index is 0.149. The van der Waals surface area contributed by atoms with Crippen LogP contribution in [0.2, 0.25) is 0 Å². The molecule has 0 aliphatic carbocycles. The zero-order valence-corrected chi connectivity index (χ0v) is 11.5. The quantitative estimate of drug-likeness (QED) is 0.812. The van der Waals surface area contributed by atoms with Crippen molar-refractivity contribution in [2.75, 3.05) is 13.1 Å². The molecule has 1 aromatic carbocycles. The van der Waals surface area contributed by atoms with Crippen LogP contribution in [0.15, 0.2) is 36.5 Å². The van der Waals surface area contributed by atoms with Crippen LogP contribution in [0, 0.1) is 0 Å². The third kappa shape index (κ3) is 2.70. The lowest BCUT2D eigenvalue weighted by Gasteiger charge is -2.26. The van der Waals surface area contributed by atoms with E-state index in [0.29, 0.717) is 0 Å². The Morgan fingerprint density at radius 2 is 1.94 bits per heavy atom. The van der Waals surface area contributed by atoms with Crippen molar-refractivity contribution in [2.24, 2.45) is 0 Å². The number of hydrogen-bond acceptors (Lipinski definition) is 2. The molecule has 1 N–H and O–H groups in total. The first-order chi connectivity index (χ1) is 8.65. The summed E-state index contributed by atoms with van der Waals surface area (Å²) in [5, 5.41) is 4.63. The first-order valence-corrected chi connectivity index (χ1v) is 6.70. The van der Waals surface area contributed by atoms with E-state index in [-0.39, 0.29) is 5.41 Å². The van der Waals surface area contributed by atoms with Crippen molar-refractivity contribution in [1.82, 2.24) is 10.3 Å². The minimum absolute atomic E-state index is 0.149. The van der Waals surface area contributed by atoms with Gasteiger partial charge in [0.25, 0.3) is 0 Å². The van der Waals surface area contributed by atoms with E-state index >= 15 is 0 Å². The van der Waals surface area contributed by atoms with E-state index in [9.17, 15) is 0 Å². The highest BCUT2D eigenvalue weighted by Crippen LogP contribution is 2.31. The van der Waals surface area contributed by atoms with Gasteiger partial charge in [-0.1, -0.05) is 45.0 Å². The zero-order chi connectivity index (χ0) is 13.0. The standard InChI is InChI=1S/C16H22N2/c1-4-17-12-10-16(2,3)14-9-5-7-13-8-6-11-18-15(13)14/h5-9,11,17H,4,10,12H2,1-3H3. The van der Waals surface area contributed by atoms with Crippen molar-refractivity contribution in [3.63, 3.8) is 0 Å². The van der Waals surface area contributed by atoms with Crippen molar-refractivity contribution in [3.8, 4) is 0 Å². The summed E-state index contributed by atoms with van der Waals surface area (Å²) in [5.41, 5.74) is 2.63. The summed E-state index contributed by atoms with van der Waals surface area (Å²) in [4.78, 5) is 4.56. The molecule has 1 aromatic heterocycles. The lowest BCUT2D eigenvalue weighted by Crippen LogP contribution is -2.25. The fraction of sp³-hybridized carbons (Fsp3) is 0.438. The molecule has 2 nitrogen and oxygen atoms in total. The summed E-state index contributed by atoms with van der Waals surface area (Å²) in [5.74, 6) is 0. The largest absolute Gasteiger partial charge is 0.317 e. The van der Waals surface area contributed by atoms with Crippen molar-refractivity contribution >= 4 is 10.9 Å². The molecule has 0 fully saturated rings. The Balaban J connectivity index is 2.34. The highest BCUT2D eigenvalue weighted by molar-refractivity contribution is 5.82. The highest BCUT2D eigenvalue weighted by atomic mass is 14.8. The minimum Gasteiger partial charge on any atom is -0.317 e. The number of aromatic nitrogens is 1. The maximum atomic E-state index is 4.56. The Hall–Kier alpha value is -1.41. The molecule has 2 heteroatoms. The molecule has 96 valence electrons. The number of hydrogen-bond donors (Lipinski definition) is 1. The van der Waals surface area contributed by atoms with Crippen LogP contribution in [-0.4, -0.2) is 18.1 Å². The van der Waals surface area contributed by atoms with E-state index in [1.165, 1.54) is 10.9 Å². The van der Waals surface area contributed by atoms with Gasteiger partial charge in [0, 0.05) is 11.6 Å². The number of nitrogens with one attached hydrogen (secondary N) is 1. The van der Waals surface area contributed by atoms with Gasteiger partial charge in [-0.2, -0.15) is 0 Å². The van der Waals surface area contributed by atoms with Crippen LogP contribution in [-0.2, 0) is 5.41 Å². The lowest BCUT2D eigenvalue weighted by atomic mass is 9.80. The maximum Gasteiger partial charge on any atom is 0.0739 e. The van der Waals surface area contributed by atoms with E-state index in [4.69, 9.17) is 0 Å². The maximum absolute atomic E-state index is 4.56. The monoisotopic (exact) mass is 242 g/mol. The van der Waals surface area contributed by atoms with E-state index in [0.717, 1.165) is 25.0 Å². The van der Waals surface area contributed by atoms with Crippen molar-refractivity contribution in [3.05, 3.63) is 42.1 Å². The summed E-state index contributed by atoms with van der Waals surface area (Å²) >= 11 is 0. The van der Waals surface area contributed by atoms with Crippen LogP contribution in [0.5, 0.6) is 0 Å². The Kier molecular flexibility index (Phi) is 3.97. The SMILES string of the molecule is CCNCCC(C)(C)c1cccc2cccnc12. The Bertz CT molecular complexity index is 512. The molecular formula is C16H22N2. The van der Waals surface area contributed by atoms with E-state index in [1.807, 2.05) is 12.3 Å². The molecule has 0 aliphatic heterocycles. The fourth-order valence-corrected chi connectivity index (χ4v) is 2.36. The number of pyridine rings is 1. The van der Waals surface area contributed by atoms with Crippen LogP contribution < -0.4 is 5.32 Å². The number of fused-ring (bicyclic) bond motifs is 1. The molecular weight excluding hydrogens is 220 g/mol. The summed E-state index contributed by atoms with van der Waals surface area (Å²) in [6.07, 6.45) is 3.00. The van der Waals surface area contributed by atoms with Crippen LogP contribution >= 0.6 is 0 Å². The van der Waals surface area contributed by atoms with Gasteiger partial charge in [0.15, 0.2) is 0 Å². The third-order valence-corrected chi connectivity index (χ3v) is 3.54. The number of nitrogens with zero attached hydrogens (tertiary/aromatic N) is 1. The van der Waals surface area contributed by atoms with Gasteiger partial charge in [-0.05, 0) is 36.6 Å². The molecule has 0 radical (unpaired) electrons. The molecule has 0 unspecified atom stereocenters. The van der Waals surface area contributed by atoms with E-state index in [1.54, 1.807) is 0 Å².